The summed E-state index contributed by atoms with van der Waals surface area (Å²) in [5.74, 6) is -0.908. The van der Waals surface area contributed by atoms with Crippen molar-refractivity contribution >= 4 is 49.5 Å². The highest BCUT2D eigenvalue weighted by Gasteiger charge is 2.15. The lowest BCUT2D eigenvalue weighted by molar-refractivity contribution is -0.116. The first-order chi connectivity index (χ1) is 17.3. The van der Waals surface area contributed by atoms with Crippen LogP contribution in [0.15, 0.2) is 68.4 Å². The lowest BCUT2D eigenvalue weighted by Gasteiger charge is -2.08. The highest BCUT2D eigenvalue weighted by molar-refractivity contribution is 9.10. The van der Waals surface area contributed by atoms with E-state index in [-0.39, 0.29) is 58.2 Å². The summed E-state index contributed by atoms with van der Waals surface area (Å²) in [5, 5.41) is 40.3. The number of nitrogens with zero attached hydrogens (tertiary/aromatic N) is 3. The number of benzene rings is 3. The van der Waals surface area contributed by atoms with E-state index in [9.17, 15) is 24.9 Å². The van der Waals surface area contributed by atoms with Gasteiger partial charge in [-0.05, 0) is 30.3 Å². The van der Waals surface area contributed by atoms with Gasteiger partial charge in [0.15, 0.2) is 0 Å². The predicted octanol–water partition coefficient (Wildman–Crippen LogP) is 3.63. The van der Waals surface area contributed by atoms with Gasteiger partial charge in [-0.15, -0.1) is 5.10 Å². The molecule has 0 unspecified atom stereocenters. The maximum atomic E-state index is 12.8. The van der Waals surface area contributed by atoms with Gasteiger partial charge in [0, 0.05) is 22.7 Å². The number of fused-ring (bicyclic) bond motifs is 2. The average molecular weight is 553 g/mol. The quantitative estimate of drug-likeness (QED) is 0.140. The Morgan fingerprint density at radius 3 is 2.69 bits per heavy atom. The van der Waals surface area contributed by atoms with Crippen LogP contribution in [0.4, 0.5) is 5.69 Å². The molecule has 0 bridgehead atoms. The molecule has 4 N–H and O–H groups in total. The number of hydrogen-bond donors (Lipinski definition) is 4. The van der Waals surface area contributed by atoms with Crippen LogP contribution < -0.4 is 15.5 Å². The Hall–Kier alpha value is -4.58. The summed E-state index contributed by atoms with van der Waals surface area (Å²) in [7, 11) is 0. The fourth-order valence-electron chi connectivity index (χ4n) is 3.59. The number of phenols is 3. The van der Waals surface area contributed by atoms with Crippen LogP contribution in [0.5, 0.6) is 23.0 Å². The number of rotatable bonds is 6. The second kappa shape index (κ2) is 9.23. The third-order valence-electron chi connectivity index (χ3n) is 5.22. The Morgan fingerprint density at radius 1 is 1.06 bits per heavy atom. The summed E-state index contributed by atoms with van der Waals surface area (Å²) in [6, 6.07) is 11.6. The largest absolute Gasteiger partial charge is 0.508 e. The average Bonchev–Trinajstić information content (AvgIpc) is 3.26. The van der Waals surface area contributed by atoms with E-state index in [0.717, 1.165) is 10.5 Å². The third-order valence-corrected chi connectivity index (χ3v) is 5.72. The zero-order valence-corrected chi connectivity index (χ0v) is 19.9. The summed E-state index contributed by atoms with van der Waals surface area (Å²) in [4.78, 5) is 25.0. The van der Waals surface area contributed by atoms with Gasteiger partial charge in [-0.3, -0.25) is 9.59 Å². The van der Waals surface area contributed by atoms with Crippen molar-refractivity contribution in [3.63, 3.8) is 0 Å². The Balaban J connectivity index is 1.29. The number of halogens is 1. The number of aromatic nitrogens is 3. The van der Waals surface area contributed by atoms with Crippen LogP contribution in [0.1, 0.15) is 5.69 Å². The van der Waals surface area contributed by atoms with Gasteiger partial charge in [0.2, 0.25) is 11.3 Å². The third kappa shape index (κ3) is 4.66. The van der Waals surface area contributed by atoms with Crippen molar-refractivity contribution in [2.24, 2.45) is 0 Å². The zero-order chi connectivity index (χ0) is 25.4. The molecule has 0 atom stereocenters. The van der Waals surface area contributed by atoms with E-state index >= 15 is 0 Å². The maximum absolute atomic E-state index is 12.8. The smallest absolute Gasteiger partial charge is 0.246 e. The molecular weight excluding hydrogens is 536 g/mol. The fourth-order valence-corrected chi connectivity index (χ4v) is 3.93. The van der Waals surface area contributed by atoms with Gasteiger partial charge in [-0.1, -0.05) is 21.1 Å². The standard InChI is InChI=1S/C24H17BrN4O7/c25-12-1-3-16-20(5-12)36-21-8-15(7-19(32)23(21)24(16)34)35-11-13-9-29(28-27-13)10-22(33)26-17-4-2-14(30)6-18(17)31/h1-9,30-32H,10-11H2,(H,26,33). The van der Waals surface area contributed by atoms with E-state index in [2.05, 4.69) is 31.6 Å². The summed E-state index contributed by atoms with van der Waals surface area (Å²) in [6.45, 7) is -0.216. The summed E-state index contributed by atoms with van der Waals surface area (Å²) < 4.78 is 13.5. The Morgan fingerprint density at radius 2 is 1.89 bits per heavy atom. The van der Waals surface area contributed by atoms with Gasteiger partial charge < -0.3 is 29.8 Å². The van der Waals surface area contributed by atoms with E-state index in [0.29, 0.717) is 16.7 Å². The first-order valence-corrected chi connectivity index (χ1v) is 11.3. The second-order valence-electron chi connectivity index (χ2n) is 7.83. The van der Waals surface area contributed by atoms with Crippen LogP contribution in [0, 0.1) is 0 Å². The van der Waals surface area contributed by atoms with Crippen LogP contribution in [0.3, 0.4) is 0 Å². The molecule has 5 rings (SSSR count). The lowest BCUT2D eigenvalue weighted by Crippen LogP contribution is -2.19. The highest BCUT2D eigenvalue weighted by atomic mass is 79.9. The molecule has 182 valence electrons. The van der Waals surface area contributed by atoms with Crippen molar-refractivity contribution in [2.45, 2.75) is 13.2 Å². The van der Waals surface area contributed by atoms with Gasteiger partial charge in [-0.25, -0.2) is 4.68 Å². The number of ether oxygens (including phenoxy) is 1. The SMILES string of the molecule is O=C(Cn1cc(COc2cc(O)c3c(=O)c4ccc(Br)cc4oc3c2)nn1)Nc1ccc(O)cc1O. The molecule has 0 saturated carbocycles. The minimum Gasteiger partial charge on any atom is -0.508 e. The molecule has 0 saturated heterocycles. The molecule has 0 fully saturated rings. The van der Waals surface area contributed by atoms with Crippen LogP contribution in [0.2, 0.25) is 0 Å². The van der Waals surface area contributed by atoms with Crippen molar-refractivity contribution in [1.29, 1.82) is 0 Å². The van der Waals surface area contributed by atoms with E-state index in [4.69, 9.17) is 9.15 Å². The van der Waals surface area contributed by atoms with Crippen LogP contribution in [0.25, 0.3) is 21.9 Å². The van der Waals surface area contributed by atoms with E-state index in [1.807, 2.05) is 0 Å². The molecule has 2 heterocycles. The molecule has 0 aliphatic heterocycles. The van der Waals surface area contributed by atoms with E-state index in [1.165, 1.54) is 35.1 Å². The number of anilines is 1. The molecule has 2 aromatic heterocycles. The molecule has 3 aromatic carbocycles. The minimum absolute atomic E-state index is 0.0331. The van der Waals surface area contributed by atoms with E-state index in [1.54, 1.807) is 18.2 Å². The van der Waals surface area contributed by atoms with Gasteiger partial charge in [0.25, 0.3) is 0 Å². The number of hydrogen-bond acceptors (Lipinski definition) is 9. The normalized spacial score (nSPS) is 11.1. The predicted molar refractivity (Wildman–Crippen MR) is 132 cm³/mol. The van der Waals surface area contributed by atoms with Crippen molar-refractivity contribution in [2.75, 3.05) is 5.32 Å². The minimum atomic E-state index is -0.471. The van der Waals surface area contributed by atoms with Crippen molar-refractivity contribution in [1.82, 2.24) is 15.0 Å². The summed E-state index contributed by atoms with van der Waals surface area (Å²) in [6.07, 6.45) is 1.50. The monoisotopic (exact) mass is 552 g/mol. The van der Waals surface area contributed by atoms with E-state index < -0.39 is 5.91 Å². The Kier molecular flexibility index (Phi) is 5.94. The first kappa shape index (κ1) is 23.2. The maximum Gasteiger partial charge on any atom is 0.246 e. The first-order valence-electron chi connectivity index (χ1n) is 10.5. The Labute approximate surface area is 210 Å². The van der Waals surface area contributed by atoms with Crippen LogP contribution in [-0.2, 0) is 17.9 Å². The number of carbonyl (C=O) groups excluding carboxylic acids is 1. The molecule has 0 aliphatic carbocycles. The number of nitrogens with one attached hydrogen (secondary N) is 1. The molecule has 1 amide bonds. The van der Waals surface area contributed by atoms with Gasteiger partial charge in [0.05, 0.1) is 17.3 Å². The molecule has 5 aromatic rings. The molecular formula is C24H17BrN4O7. The van der Waals surface area contributed by atoms with Crippen molar-refractivity contribution in [3.8, 4) is 23.0 Å². The Bertz CT molecular complexity index is 1700. The second-order valence-corrected chi connectivity index (χ2v) is 8.75. The summed E-state index contributed by atoms with van der Waals surface area (Å²) >= 11 is 3.34. The van der Waals surface area contributed by atoms with Gasteiger partial charge in [0.1, 0.15) is 58.4 Å². The zero-order valence-electron chi connectivity index (χ0n) is 18.3. The lowest BCUT2D eigenvalue weighted by atomic mass is 10.1. The van der Waals surface area contributed by atoms with Gasteiger partial charge >= 0.3 is 0 Å². The van der Waals surface area contributed by atoms with Crippen LogP contribution >= 0.6 is 15.9 Å². The number of amides is 1. The highest BCUT2D eigenvalue weighted by Crippen LogP contribution is 2.31. The van der Waals surface area contributed by atoms with Crippen molar-refractivity contribution < 1.29 is 29.3 Å². The molecule has 0 aliphatic rings. The summed E-state index contributed by atoms with van der Waals surface area (Å²) in [5.41, 5.74) is 0.714. The topological polar surface area (TPSA) is 160 Å². The molecule has 0 radical (unpaired) electrons. The molecule has 12 heteroatoms. The molecule has 36 heavy (non-hydrogen) atoms. The molecule has 11 nitrogen and oxygen atoms in total. The number of phenolic OH excluding ortho intramolecular Hbond substituents is 3. The number of aromatic hydroxyl groups is 3. The van der Waals surface area contributed by atoms with Gasteiger partial charge in [-0.2, -0.15) is 0 Å². The fraction of sp³-hybridized carbons (Fsp3) is 0.0833. The number of carbonyl (C=O) groups is 1. The van der Waals surface area contributed by atoms with Crippen LogP contribution in [-0.4, -0.2) is 36.2 Å². The van der Waals surface area contributed by atoms with Crippen molar-refractivity contribution in [3.05, 3.63) is 75.1 Å². The molecule has 0 spiro atoms.